The Morgan fingerprint density at radius 1 is 1.33 bits per heavy atom. The van der Waals surface area contributed by atoms with Crippen LogP contribution in [0.15, 0.2) is 4.79 Å². The van der Waals surface area contributed by atoms with E-state index in [1.54, 1.807) is 0 Å². The predicted molar refractivity (Wildman–Crippen MR) is 58.1 cm³/mol. The first kappa shape index (κ1) is 9.21. The third-order valence-corrected chi connectivity index (χ3v) is 3.33. The summed E-state index contributed by atoms with van der Waals surface area (Å²) >= 11 is 0. The summed E-state index contributed by atoms with van der Waals surface area (Å²) in [7, 11) is 0. The molecule has 2 aliphatic rings. The quantitative estimate of drug-likeness (QED) is 0.770. The minimum Gasteiger partial charge on any atom is -0.330 e. The Balaban J connectivity index is 2.03. The average Bonchev–Trinajstić information content (AvgIpc) is 3.11. The van der Waals surface area contributed by atoms with Crippen molar-refractivity contribution in [2.24, 2.45) is 5.73 Å². The number of H-pyrrole nitrogens is 1. The summed E-state index contributed by atoms with van der Waals surface area (Å²) in [6, 6.07) is 0.446. The van der Waals surface area contributed by atoms with Crippen molar-refractivity contribution >= 4 is 0 Å². The van der Waals surface area contributed by atoms with Crippen molar-refractivity contribution in [1.82, 2.24) is 9.78 Å². The molecule has 2 fully saturated rings. The largest absolute Gasteiger partial charge is 0.330 e. The molecule has 0 atom stereocenters. The normalized spacial score (nSPS) is 20.9. The molecule has 1 aromatic rings. The molecule has 1 heterocycles. The van der Waals surface area contributed by atoms with E-state index in [1.807, 2.05) is 4.68 Å². The summed E-state index contributed by atoms with van der Waals surface area (Å²) < 4.78 is 1.83. The molecule has 4 nitrogen and oxygen atoms in total. The van der Waals surface area contributed by atoms with E-state index in [9.17, 15) is 4.79 Å². The average molecular weight is 207 g/mol. The summed E-state index contributed by atoms with van der Waals surface area (Å²) in [5, 5.41) is 3.31. The first-order chi connectivity index (χ1) is 7.31. The Morgan fingerprint density at radius 2 is 2.07 bits per heavy atom. The van der Waals surface area contributed by atoms with Gasteiger partial charge in [0, 0.05) is 17.2 Å². The van der Waals surface area contributed by atoms with Gasteiger partial charge in [-0.1, -0.05) is 0 Å². The van der Waals surface area contributed by atoms with E-state index in [4.69, 9.17) is 5.73 Å². The van der Waals surface area contributed by atoms with Crippen molar-refractivity contribution in [3.8, 4) is 0 Å². The van der Waals surface area contributed by atoms with Gasteiger partial charge in [-0.2, -0.15) is 0 Å². The Labute approximate surface area is 88.4 Å². The molecule has 15 heavy (non-hydrogen) atoms. The number of hydrogen-bond donors (Lipinski definition) is 2. The molecular formula is C11H17N3O. The van der Waals surface area contributed by atoms with Crippen LogP contribution < -0.4 is 11.3 Å². The fourth-order valence-corrected chi connectivity index (χ4v) is 2.19. The first-order valence-electron chi connectivity index (χ1n) is 5.84. The third-order valence-electron chi connectivity index (χ3n) is 3.33. The van der Waals surface area contributed by atoms with Gasteiger partial charge in [0.05, 0.1) is 6.04 Å². The van der Waals surface area contributed by atoms with Crippen LogP contribution in [0.1, 0.15) is 48.9 Å². The van der Waals surface area contributed by atoms with Gasteiger partial charge in [0.2, 0.25) is 0 Å². The maximum atomic E-state index is 12.1. The monoisotopic (exact) mass is 207 g/mol. The van der Waals surface area contributed by atoms with E-state index in [2.05, 4.69) is 5.10 Å². The molecule has 0 bridgehead atoms. The highest BCUT2D eigenvalue weighted by Crippen LogP contribution is 2.41. The second-order valence-electron chi connectivity index (χ2n) is 4.72. The molecule has 0 saturated heterocycles. The lowest BCUT2D eigenvalue weighted by atomic mass is 10.1. The SMILES string of the molecule is NCCc1c(C2CC2)[nH]n(C2CC2)c1=O. The molecule has 1 aromatic heterocycles. The fourth-order valence-electron chi connectivity index (χ4n) is 2.19. The zero-order chi connectivity index (χ0) is 10.4. The molecule has 0 unspecified atom stereocenters. The molecule has 0 spiro atoms. The van der Waals surface area contributed by atoms with Gasteiger partial charge in [0.25, 0.3) is 5.56 Å². The third kappa shape index (κ3) is 1.53. The molecule has 82 valence electrons. The Hall–Kier alpha value is -1.03. The molecule has 4 heteroatoms. The minimum absolute atomic E-state index is 0.185. The van der Waals surface area contributed by atoms with Gasteiger partial charge < -0.3 is 5.73 Å². The lowest BCUT2D eigenvalue weighted by Crippen LogP contribution is -2.19. The van der Waals surface area contributed by atoms with Crippen molar-refractivity contribution < 1.29 is 0 Å². The zero-order valence-electron chi connectivity index (χ0n) is 8.83. The van der Waals surface area contributed by atoms with Crippen molar-refractivity contribution in [2.45, 2.75) is 44.1 Å². The van der Waals surface area contributed by atoms with E-state index < -0.39 is 0 Å². The summed E-state index contributed by atoms with van der Waals surface area (Å²) in [6.45, 7) is 0.567. The second-order valence-corrected chi connectivity index (χ2v) is 4.72. The highest BCUT2D eigenvalue weighted by molar-refractivity contribution is 5.26. The highest BCUT2D eigenvalue weighted by Gasteiger charge is 2.33. The molecule has 0 radical (unpaired) electrons. The lowest BCUT2D eigenvalue weighted by Gasteiger charge is -1.97. The van der Waals surface area contributed by atoms with Gasteiger partial charge in [-0.15, -0.1) is 0 Å². The summed E-state index contributed by atoms with van der Waals surface area (Å²) in [4.78, 5) is 12.1. The zero-order valence-corrected chi connectivity index (χ0v) is 8.83. The van der Waals surface area contributed by atoms with Gasteiger partial charge in [-0.25, -0.2) is 4.68 Å². The van der Waals surface area contributed by atoms with Gasteiger partial charge in [0.15, 0.2) is 0 Å². The number of hydrogen-bond acceptors (Lipinski definition) is 2. The van der Waals surface area contributed by atoms with Crippen molar-refractivity contribution in [3.05, 3.63) is 21.6 Å². The van der Waals surface area contributed by atoms with Gasteiger partial charge >= 0.3 is 0 Å². The smallest absolute Gasteiger partial charge is 0.270 e. The molecule has 3 rings (SSSR count). The van der Waals surface area contributed by atoms with Gasteiger partial charge in [0.1, 0.15) is 0 Å². The molecule has 3 N–H and O–H groups in total. The first-order valence-corrected chi connectivity index (χ1v) is 5.84. The van der Waals surface area contributed by atoms with Crippen molar-refractivity contribution in [1.29, 1.82) is 0 Å². The molecule has 2 aliphatic carbocycles. The van der Waals surface area contributed by atoms with E-state index >= 15 is 0 Å². The van der Waals surface area contributed by atoms with Crippen LogP contribution in [0, 0.1) is 0 Å². The Morgan fingerprint density at radius 3 is 2.60 bits per heavy atom. The maximum absolute atomic E-state index is 12.1. The lowest BCUT2D eigenvalue weighted by molar-refractivity contribution is 0.610. The Kier molecular flexibility index (Phi) is 1.99. The number of aromatic nitrogens is 2. The number of rotatable bonds is 4. The number of aromatic amines is 1. The predicted octanol–water partition coefficient (Wildman–Crippen LogP) is 0.890. The topological polar surface area (TPSA) is 63.8 Å². The van der Waals surface area contributed by atoms with Crippen LogP contribution >= 0.6 is 0 Å². The van der Waals surface area contributed by atoms with E-state index in [1.165, 1.54) is 18.5 Å². The van der Waals surface area contributed by atoms with Crippen LogP contribution in [0.5, 0.6) is 0 Å². The highest BCUT2D eigenvalue weighted by atomic mass is 16.1. The standard InChI is InChI=1S/C11H17N3O/c12-6-5-9-10(7-1-2-7)13-14(11(9)15)8-3-4-8/h7-8,13H,1-6,12H2. The number of nitrogens with zero attached hydrogens (tertiary/aromatic N) is 1. The van der Waals surface area contributed by atoms with Crippen LogP contribution in [0.25, 0.3) is 0 Å². The molecular weight excluding hydrogens is 190 g/mol. The fraction of sp³-hybridized carbons (Fsp3) is 0.727. The molecule has 0 amide bonds. The maximum Gasteiger partial charge on any atom is 0.270 e. The molecule has 2 saturated carbocycles. The van der Waals surface area contributed by atoms with E-state index in [0.29, 0.717) is 18.5 Å². The summed E-state index contributed by atoms with van der Waals surface area (Å²) in [6.07, 6.45) is 5.46. The van der Waals surface area contributed by atoms with Gasteiger partial charge in [-0.3, -0.25) is 9.89 Å². The second kappa shape index (κ2) is 3.23. The number of nitrogens with one attached hydrogen (secondary N) is 1. The van der Waals surface area contributed by atoms with Crippen molar-refractivity contribution in [2.75, 3.05) is 6.54 Å². The van der Waals surface area contributed by atoms with Crippen LogP contribution in [0.3, 0.4) is 0 Å². The Bertz CT molecular complexity index is 424. The van der Waals surface area contributed by atoms with Crippen LogP contribution in [-0.4, -0.2) is 16.3 Å². The number of nitrogens with two attached hydrogens (primary N) is 1. The van der Waals surface area contributed by atoms with E-state index in [-0.39, 0.29) is 5.56 Å². The van der Waals surface area contributed by atoms with Gasteiger partial charge in [-0.05, 0) is 38.6 Å². The minimum atomic E-state index is 0.185. The van der Waals surface area contributed by atoms with E-state index in [0.717, 1.165) is 24.8 Å². The van der Waals surface area contributed by atoms with Crippen LogP contribution in [0.2, 0.25) is 0 Å². The van der Waals surface area contributed by atoms with Crippen molar-refractivity contribution in [3.63, 3.8) is 0 Å². The van der Waals surface area contributed by atoms with Crippen LogP contribution in [-0.2, 0) is 6.42 Å². The van der Waals surface area contributed by atoms with Crippen LogP contribution in [0.4, 0.5) is 0 Å². The molecule has 0 aliphatic heterocycles. The summed E-state index contributed by atoms with van der Waals surface area (Å²) in [5.41, 5.74) is 7.87. The molecule has 0 aromatic carbocycles. The summed E-state index contributed by atoms with van der Waals surface area (Å²) in [5.74, 6) is 0.610.